The van der Waals surface area contributed by atoms with E-state index in [1.54, 1.807) is 19.9 Å². The molecule has 0 unspecified atom stereocenters. The third-order valence-corrected chi connectivity index (χ3v) is 6.44. The first-order valence-electron chi connectivity index (χ1n) is 9.51. The average Bonchev–Trinajstić information content (AvgIpc) is 2.68. The number of amides is 1. The van der Waals surface area contributed by atoms with Gasteiger partial charge in [0.25, 0.3) is 5.91 Å². The molecule has 7 heteroatoms. The second-order valence-corrected chi connectivity index (χ2v) is 8.81. The van der Waals surface area contributed by atoms with Gasteiger partial charge in [0.1, 0.15) is 23.3 Å². The van der Waals surface area contributed by atoms with Gasteiger partial charge in [0.15, 0.2) is 5.78 Å². The molecule has 2 N–H and O–H groups in total. The van der Waals surface area contributed by atoms with Gasteiger partial charge < -0.3 is 15.2 Å². The van der Waals surface area contributed by atoms with Crippen molar-refractivity contribution in [1.82, 2.24) is 5.32 Å². The average molecular weight is 462 g/mol. The van der Waals surface area contributed by atoms with Crippen LogP contribution < -0.4 is 10.1 Å². The van der Waals surface area contributed by atoms with E-state index in [2.05, 4.69) is 21.2 Å². The van der Waals surface area contributed by atoms with Crippen molar-refractivity contribution >= 4 is 27.6 Å². The molecule has 1 aliphatic heterocycles. The third-order valence-electron chi connectivity index (χ3n) is 5.60. The van der Waals surface area contributed by atoms with Crippen LogP contribution in [0.4, 0.5) is 4.39 Å². The number of aliphatic hydroxyl groups is 1. The molecule has 0 saturated heterocycles. The van der Waals surface area contributed by atoms with Crippen molar-refractivity contribution in [1.29, 1.82) is 0 Å². The molecule has 152 valence electrons. The number of nitrogens with one attached hydrogen (secondary N) is 1. The zero-order valence-corrected chi connectivity index (χ0v) is 17.7. The first kappa shape index (κ1) is 20.0. The second kappa shape index (κ2) is 7.22. The summed E-state index contributed by atoms with van der Waals surface area (Å²) in [6.07, 6.45) is 0.955. The lowest BCUT2D eigenvalue weighted by molar-refractivity contribution is -0.0633. The summed E-state index contributed by atoms with van der Waals surface area (Å²) < 4.78 is 20.0. The summed E-state index contributed by atoms with van der Waals surface area (Å²) in [5, 5.41) is 13.8. The van der Waals surface area contributed by atoms with Crippen molar-refractivity contribution < 1.29 is 23.8 Å². The molecule has 0 spiro atoms. The van der Waals surface area contributed by atoms with Gasteiger partial charge in [-0.3, -0.25) is 9.59 Å². The Morgan fingerprint density at radius 3 is 2.66 bits per heavy atom. The van der Waals surface area contributed by atoms with Gasteiger partial charge in [-0.05, 0) is 78.5 Å². The smallest absolute Gasteiger partial charge is 0.251 e. The predicted octanol–water partition coefficient (Wildman–Crippen LogP) is 4.11. The lowest BCUT2D eigenvalue weighted by Gasteiger charge is -2.43. The summed E-state index contributed by atoms with van der Waals surface area (Å²) in [5.74, 6) is -0.318. The van der Waals surface area contributed by atoms with Crippen LogP contribution in [0.1, 0.15) is 64.6 Å². The molecular weight excluding hydrogens is 441 g/mol. The van der Waals surface area contributed by atoms with Crippen LogP contribution >= 0.6 is 15.9 Å². The van der Waals surface area contributed by atoms with E-state index >= 15 is 0 Å². The zero-order chi connectivity index (χ0) is 20.9. The number of rotatable bonds is 2. The van der Waals surface area contributed by atoms with Gasteiger partial charge in [-0.2, -0.15) is 0 Å². The Balaban J connectivity index is 1.79. The molecule has 4 rings (SSSR count). The third kappa shape index (κ3) is 3.46. The number of hydrogen-bond donors (Lipinski definition) is 2. The summed E-state index contributed by atoms with van der Waals surface area (Å²) in [7, 11) is 0. The number of hydrogen-bond acceptors (Lipinski definition) is 4. The summed E-state index contributed by atoms with van der Waals surface area (Å²) in [6.45, 7) is 3.49. The van der Waals surface area contributed by atoms with Gasteiger partial charge in [0, 0.05) is 23.1 Å². The number of carbonyl (C=O) groups is 2. The molecule has 2 aromatic rings. The molecule has 0 radical (unpaired) electrons. The maximum atomic E-state index is 13.2. The fourth-order valence-corrected chi connectivity index (χ4v) is 4.68. The van der Waals surface area contributed by atoms with Gasteiger partial charge in [0.05, 0.1) is 10.5 Å². The molecule has 5 nitrogen and oxygen atoms in total. The van der Waals surface area contributed by atoms with E-state index in [4.69, 9.17) is 4.74 Å². The van der Waals surface area contributed by atoms with Crippen LogP contribution in [0.2, 0.25) is 0 Å². The molecule has 0 bridgehead atoms. The zero-order valence-electron chi connectivity index (χ0n) is 16.1. The Kier molecular flexibility index (Phi) is 4.99. The first-order valence-corrected chi connectivity index (χ1v) is 10.3. The number of aliphatic hydroxyl groups excluding tert-OH is 1. The lowest BCUT2D eigenvalue weighted by Crippen LogP contribution is -2.53. The number of Topliss-reactive ketones (excluding diaryl/α,β-unsaturated/α-hetero) is 1. The van der Waals surface area contributed by atoms with E-state index in [-0.39, 0.29) is 11.3 Å². The summed E-state index contributed by atoms with van der Waals surface area (Å²) >= 11 is 3.59. The minimum absolute atomic E-state index is 0.0395. The molecule has 1 aliphatic carbocycles. The minimum Gasteiger partial charge on any atom is -0.483 e. The molecule has 2 aliphatic rings. The van der Waals surface area contributed by atoms with Gasteiger partial charge in [-0.25, -0.2) is 4.39 Å². The number of fused-ring (bicyclic) bond motifs is 2. The van der Waals surface area contributed by atoms with Crippen molar-refractivity contribution in [2.24, 2.45) is 0 Å². The number of benzene rings is 2. The molecule has 1 amide bonds. The maximum absolute atomic E-state index is 13.2. The number of ketones is 1. The molecule has 2 atom stereocenters. The first-order chi connectivity index (χ1) is 13.7. The Labute approximate surface area is 176 Å². The van der Waals surface area contributed by atoms with Crippen molar-refractivity contribution in [3.8, 4) is 5.75 Å². The van der Waals surface area contributed by atoms with Gasteiger partial charge in [-0.1, -0.05) is 0 Å². The minimum atomic E-state index is -1.05. The summed E-state index contributed by atoms with van der Waals surface area (Å²) in [5.41, 5.74) is 1.35. The van der Waals surface area contributed by atoms with Crippen molar-refractivity contribution in [3.05, 3.63) is 62.9 Å². The molecule has 0 fully saturated rings. The van der Waals surface area contributed by atoms with Gasteiger partial charge >= 0.3 is 0 Å². The largest absolute Gasteiger partial charge is 0.483 e. The summed E-state index contributed by atoms with van der Waals surface area (Å²) in [4.78, 5) is 25.2. The Morgan fingerprint density at radius 1 is 1.28 bits per heavy atom. The SMILES string of the molecule is CC1(C)Oc2c(cc3c(c2Br)CCCC3=O)[C@H](NC(=O)c2ccc(F)cc2)[C@H]1O. The predicted molar refractivity (Wildman–Crippen MR) is 109 cm³/mol. The second-order valence-electron chi connectivity index (χ2n) is 8.02. The lowest BCUT2D eigenvalue weighted by atomic mass is 9.82. The number of carbonyl (C=O) groups excluding carboxylic acids is 2. The Morgan fingerprint density at radius 2 is 1.97 bits per heavy atom. The van der Waals surface area contributed by atoms with Crippen LogP contribution in [-0.4, -0.2) is 28.5 Å². The Bertz CT molecular complexity index is 1000. The van der Waals surface area contributed by atoms with E-state index in [0.717, 1.165) is 18.4 Å². The van der Waals surface area contributed by atoms with E-state index in [9.17, 15) is 19.1 Å². The van der Waals surface area contributed by atoms with Gasteiger partial charge in [0.2, 0.25) is 0 Å². The summed E-state index contributed by atoms with van der Waals surface area (Å²) in [6, 6.07) is 6.12. The molecule has 1 heterocycles. The molecule has 0 aromatic heterocycles. The van der Waals surface area contributed by atoms with Crippen LogP contribution in [0.5, 0.6) is 5.75 Å². The highest BCUT2D eigenvalue weighted by molar-refractivity contribution is 9.10. The van der Waals surface area contributed by atoms with Crippen molar-refractivity contribution in [2.45, 2.75) is 50.9 Å². The monoisotopic (exact) mass is 461 g/mol. The van der Waals surface area contributed by atoms with Crippen LogP contribution in [0.3, 0.4) is 0 Å². The van der Waals surface area contributed by atoms with Crippen molar-refractivity contribution in [2.75, 3.05) is 0 Å². The number of ether oxygens (including phenoxy) is 1. The highest BCUT2D eigenvalue weighted by Gasteiger charge is 2.45. The van der Waals surface area contributed by atoms with Crippen LogP contribution in [0.25, 0.3) is 0 Å². The molecule has 2 aromatic carbocycles. The van der Waals surface area contributed by atoms with E-state index in [1.807, 2.05) is 0 Å². The highest BCUT2D eigenvalue weighted by Crippen LogP contribution is 2.47. The highest BCUT2D eigenvalue weighted by atomic mass is 79.9. The Hall–Kier alpha value is -2.25. The normalized spacial score (nSPS) is 22.3. The molecular formula is C22H21BrFNO4. The van der Waals surface area contributed by atoms with Crippen LogP contribution in [-0.2, 0) is 6.42 Å². The standard InChI is InChI=1S/C22H21BrFNO4/c1-22(2)20(27)18(25-21(28)11-6-8-12(24)9-7-11)15-10-14-13(4-3-5-16(14)26)17(23)19(15)29-22/h6-10,18,20,27H,3-5H2,1-2H3,(H,25,28)/t18-,20+/m0/s1. The quantitative estimate of drug-likeness (QED) is 0.705. The van der Waals surface area contributed by atoms with E-state index < -0.39 is 29.5 Å². The van der Waals surface area contributed by atoms with E-state index in [1.165, 1.54) is 24.3 Å². The number of halogens is 2. The van der Waals surface area contributed by atoms with Crippen LogP contribution in [0.15, 0.2) is 34.8 Å². The van der Waals surface area contributed by atoms with Crippen molar-refractivity contribution in [3.63, 3.8) is 0 Å². The van der Waals surface area contributed by atoms with E-state index in [0.29, 0.717) is 27.8 Å². The molecule has 0 saturated carbocycles. The fourth-order valence-electron chi connectivity index (χ4n) is 3.96. The fraction of sp³-hybridized carbons (Fsp3) is 0.364. The topological polar surface area (TPSA) is 75.6 Å². The molecule has 29 heavy (non-hydrogen) atoms. The van der Waals surface area contributed by atoms with Crippen LogP contribution in [0, 0.1) is 5.82 Å². The van der Waals surface area contributed by atoms with Gasteiger partial charge in [-0.15, -0.1) is 0 Å². The maximum Gasteiger partial charge on any atom is 0.251 e.